The fourth-order valence-corrected chi connectivity index (χ4v) is 2.41. The van der Waals surface area contributed by atoms with Crippen LogP contribution in [0.1, 0.15) is 36.2 Å². The van der Waals surface area contributed by atoms with Gasteiger partial charge in [0.05, 0.1) is 0 Å². The lowest BCUT2D eigenvalue weighted by Crippen LogP contribution is -2.36. The molecule has 1 amide bonds. The minimum atomic E-state index is 0.00126. The summed E-state index contributed by atoms with van der Waals surface area (Å²) in [6.07, 6.45) is 4.43. The number of piperidine rings is 1. The minimum absolute atomic E-state index is 0.00126. The van der Waals surface area contributed by atoms with Crippen molar-refractivity contribution < 1.29 is 4.79 Å². The minimum Gasteiger partial charge on any atom is -0.369 e. The van der Waals surface area contributed by atoms with Gasteiger partial charge in [0, 0.05) is 19.6 Å². The van der Waals surface area contributed by atoms with Crippen LogP contribution < -0.4 is 5.32 Å². The molecule has 0 atom stereocenters. The van der Waals surface area contributed by atoms with E-state index in [4.69, 9.17) is 0 Å². The number of nitrogens with one attached hydrogen (secondary N) is 1. The van der Waals surface area contributed by atoms with Gasteiger partial charge in [0.1, 0.15) is 5.82 Å². The van der Waals surface area contributed by atoms with E-state index in [1.165, 1.54) is 6.42 Å². The smallest absolute Gasteiger partial charge is 0.274 e. The van der Waals surface area contributed by atoms with Gasteiger partial charge in [0.15, 0.2) is 5.69 Å². The monoisotopic (exact) mass is 291 g/mol. The second-order valence-electron chi connectivity index (χ2n) is 5.74. The second kappa shape index (κ2) is 7.93. The lowest BCUT2D eigenvalue weighted by molar-refractivity contribution is 0.0717. The number of aromatic nitrogens is 2. The van der Waals surface area contributed by atoms with Crippen molar-refractivity contribution in [1.82, 2.24) is 20.0 Å². The average Bonchev–Trinajstić information content (AvgIpc) is 2.52. The number of hydrogen-bond acceptors (Lipinski definition) is 5. The van der Waals surface area contributed by atoms with Crippen molar-refractivity contribution in [2.24, 2.45) is 0 Å². The highest BCUT2D eigenvalue weighted by Crippen LogP contribution is 2.12. The number of carbonyl (C=O) groups is 1. The first-order chi connectivity index (χ1) is 10.2. The number of likely N-dealkylation sites (tertiary alicyclic amines) is 1. The third-order valence-corrected chi connectivity index (χ3v) is 3.62. The largest absolute Gasteiger partial charge is 0.369 e. The van der Waals surface area contributed by atoms with Crippen LogP contribution in [0, 0.1) is 0 Å². The third kappa shape index (κ3) is 4.97. The third-order valence-electron chi connectivity index (χ3n) is 3.62. The van der Waals surface area contributed by atoms with E-state index in [0.29, 0.717) is 5.69 Å². The maximum absolute atomic E-state index is 12.2. The lowest BCUT2D eigenvalue weighted by Gasteiger charge is -2.26. The van der Waals surface area contributed by atoms with Crippen LogP contribution in [0.5, 0.6) is 0 Å². The highest BCUT2D eigenvalue weighted by Gasteiger charge is 2.19. The average molecular weight is 291 g/mol. The molecular formula is C15H25N5O. The fraction of sp³-hybridized carbons (Fsp3) is 0.667. The van der Waals surface area contributed by atoms with Gasteiger partial charge in [-0.2, -0.15) is 0 Å². The molecule has 1 aliphatic rings. The van der Waals surface area contributed by atoms with Crippen LogP contribution >= 0.6 is 0 Å². The Labute approximate surface area is 126 Å². The van der Waals surface area contributed by atoms with Gasteiger partial charge >= 0.3 is 0 Å². The molecule has 0 saturated carbocycles. The van der Waals surface area contributed by atoms with Gasteiger partial charge in [-0.3, -0.25) is 4.79 Å². The summed E-state index contributed by atoms with van der Waals surface area (Å²) < 4.78 is 0. The van der Waals surface area contributed by atoms with Crippen molar-refractivity contribution in [3.05, 3.63) is 17.8 Å². The molecule has 0 radical (unpaired) electrons. The number of anilines is 1. The van der Waals surface area contributed by atoms with Crippen molar-refractivity contribution in [2.75, 3.05) is 45.6 Å². The molecule has 6 nitrogen and oxygen atoms in total. The van der Waals surface area contributed by atoms with Crippen LogP contribution in [0.4, 0.5) is 5.82 Å². The molecular weight excluding hydrogens is 266 g/mol. The molecule has 21 heavy (non-hydrogen) atoms. The predicted octanol–water partition coefficient (Wildman–Crippen LogP) is 1.47. The number of amides is 1. The van der Waals surface area contributed by atoms with Crippen molar-refractivity contribution in [3.63, 3.8) is 0 Å². The standard InChI is InChI=1S/C15H25N5O/c1-19(2)10-6-9-16-14-8-7-13(17-18-14)15(21)20-11-4-3-5-12-20/h7-8H,3-6,9-12H2,1-2H3,(H,16,18). The second-order valence-corrected chi connectivity index (χ2v) is 5.74. The van der Waals surface area contributed by atoms with Gasteiger partial charge in [-0.1, -0.05) is 0 Å². The summed E-state index contributed by atoms with van der Waals surface area (Å²) in [6, 6.07) is 3.60. The van der Waals surface area contributed by atoms with E-state index < -0.39 is 0 Å². The summed E-state index contributed by atoms with van der Waals surface area (Å²) in [7, 11) is 4.11. The highest BCUT2D eigenvalue weighted by atomic mass is 16.2. The van der Waals surface area contributed by atoms with E-state index in [2.05, 4.69) is 34.5 Å². The van der Waals surface area contributed by atoms with Crippen LogP contribution in [0.3, 0.4) is 0 Å². The number of nitrogens with zero attached hydrogens (tertiary/aromatic N) is 4. The molecule has 0 aromatic carbocycles. The molecule has 1 aliphatic heterocycles. The molecule has 1 fully saturated rings. The quantitative estimate of drug-likeness (QED) is 0.804. The molecule has 2 heterocycles. The normalized spacial score (nSPS) is 15.3. The fourth-order valence-electron chi connectivity index (χ4n) is 2.41. The topological polar surface area (TPSA) is 61.4 Å². The Kier molecular flexibility index (Phi) is 5.92. The van der Waals surface area contributed by atoms with Gasteiger partial charge in [-0.15, -0.1) is 10.2 Å². The first-order valence-electron chi connectivity index (χ1n) is 7.68. The van der Waals surface area contributed by atoms with Crippen LogP contribution in [-0.4, -0.2) is 66.2 Å². The molecule has 2 rings (SSSR count). The molecule has 116 valence electrons. The Morgan fingerprint density at radius 3 is 2.62 bits per heavy atom. The molecule has 0 bridgehead atoms. The van der Waals surface area contributed by atoms with E-state index in [9.17, 15) is 4.79 Å². The number of rotatable bonds is 6. The molecule has 1 N–H and O–H groups in total. The summed E-state index contributed by atoms with van der Waals surface area (Å²) in [5.41, 5.74) is 0.441. The van der Waals surface area contributed by atoms with E-state index in [1.54, 1.807) is 6.07 Å². The maximum atomic E-state index is 12.2. The molecule has 1 aromatic rings. The van der Waals surface area contributed by atoms with Crippen molar-refractivity contribution in [2.45, 2.75) is 25.7 Å². The number of hydrogen-bond donors (Lipinski definition) is 1. The molecule has 0 unspecified atom stereocenters. The molecule has 0 aliphatic carbocycles. The van der Waals surface area contributed by atoms with Crippen molar-refractivity contribution >= 4 is 11.7 Å². The van der Waals surface area contributed by atoms with Gasteiger partial charge in [0.2, 0.25) is 0 Å². The molecule has 0 spiro atoms. The first-order valence-corrected chi connectivity index (χ1v) is 7.68. The van der Waals surface area contributed by atoms with Crippen LogP contribution in [0.2, 0.25) is 0 Å². The Hall–Kier alpha value is -1.69. The Morgan fingerprint density at radius 2 is 2.00 bits per heavy atom. The summed E-state index contributed by atoms with van der Waals surface area (Å²) in [5, 5.41) is 11.4. The van der Waals surface area contributed by atoms with Gasteiger partial charge < -0.3 is 15.1 Å². The molecule has 6 heteroatoms. The highest BCUT2D eigenvalue weighted by molar-refractivity contribution is 5.92. The lowest BCUT2D eigenvalue weighted by atomic mass is 10.1. The summed E-state index contributed by atoms with van der Waals surface area (Å²) in [6.45, 7) is 3.56. The van der Waals surface area contributed by atoms with Crippen LogP contribution in [0.25, 0.3) is 0 Å². The van der Waals surface area contributed by atoms with E-state index >= 15 is 0 Å². The van der Waals surface area contributed by atoms with Crippen LogP contribution in [-0.2, 0) is 0 Å². The molecule has 1 saturated heterocycles. The van der Waals surface area contributed by atoms with Crippen molar-refractivity contribution in [1.29, 1.82) is 0 Å². The van der Waals surface area contributed by atoms with Crippen molar-refractivity contribution in [3.8, 4) is 0 Å². The zero-order valence-corrected chi connectivity index (χ0v) is 13.0. The zero-order chi connectivity index (χ0) is 15.1. The Morgan fingerprint density at radius 1 is 1.24 bits per heavy atom. The Balaban J connectivity index is 1.82. The maximum Gasteiger partial charge on any atom is 0.274 e. The van der Waals surface area contributed by atoms with E-state index in [-0.39, 0.29) is 5.91 Å². The summed E-state index contributed by atoms with van der Waals surface area (Å²) >= 11 is 0. The van der Waals surface area contributed by atoms with E-state index in [1.807, 2.05) is 11.0 Å². The van der Waals surface area contributed by atoms with Crippen LogP contribution in [0.15, 0.2) is 12.1 Å². The summed E-state index contributed by atoms with van der Waals surface area (Å²) in [4.78, 5) is 16.3. The van der Waals surface area contributed by atoms with E-state index in [0.717, 1.165) is 51.3 Å². The predicted molar refractivity (Wildman–Crippen MR) is 83.4 cm³/mol. The van der Waals surface area contributed by atoms with Gasteiger partial charge in [-0.25, -0.2) is 0 Å². The summed E-state index contributed by atoms with van der Waals surface area (Å²) in [5.74, 6) is 0.727. The van der Waals surface area contributed by atoms with Gasteiger partial charge in [0.25, 0.3) is 5.91 Å². The zero-order valence-electron chi connectivity index (χ0n) is 13.0. The SMILES string of the molecule is CN(C)CCCNc1ccc(C(=O)N2CCCCC2)nn1. The van der Waals surface area contributed by atoms with Gasteiger partial charge in [-0.05, 0) is 58.5 Å². The first kappa shape index (κ1) is 15.7. The Bertz CT molecular complexity index is 440. The number of carbonyl (C=O) groups excluding carboxylic acids is 1. The molecule has 1 aromatic heterocycles.